The van der Waals surface area contributed by atoms with Gasteiger partial charge in [0.05, 0.1) is 26.5 Å². The second-order valence-corrected chi connectivity index (χ2v) is 7.24. The molecule has 2 aromatic carbocycles. The van der Waals surface area contributed by atoms with E-state index in [-0.39, 0.29) is 17.9 Å². The molecule has 0 atom stereocenters. The predicted octanol–water partition coefficient (Wildman–Crippen LogP) is 4.20. The van der Waals surface area contributed by atoms with Crippen LogP contribution in [0.4, 0.5) is 0 Å². The number of pyridine rings is 1. The van der Waals surface area contributed by atoms with Crippen molar-refractivity contribution in [2.24, 2.45) is 0 Å². The van der Waals surface area contributed by atoms with Gasteiger partial charge in [-0.05, 0) is 40.5 Å². The lowest BCUT2D eigenvalue weighted by atomic mass is 10.0. The number of carbonyl (C=O) groups is 1. The van der Waals surface area contributed by atoms with E-state index < -0.39 is 0 Å². The molecule has 0 radical (unpaired) electrons. The molecule has 0 spiro atoms. The van der Waals surface area contributed by atoms with Gasteiger partial charge in [0.1, 0.15) is 6.20 Å². The number of carbonyl (C=O) groups excluding carboxylic acids is 1. The summed E-state index contributed by atoms with van der Waals surface area (Å²) in [6.45, 7) is 0.464. The third-order valence-electron chi connectivity index (χ3n) is 5.05. The zero-order valence-corrected chi connectivity index (χ0v) is 18.4. The first kappa shape index (κ1) is 22.0. The van der Waals surface area contributed by atoms with Gasteiger partial charge in [-0.2, -0.15) is 0 Å². The fraction of sp³-hybridized carbons (Fsp3) is 0.200. The molecule has 168 valence electrons. The van der Waals surface area contributed by atoms with Crippen LogP contribution >= 0.6 is 0 Å². The first-order chi connectivity index (χ1) is 16.2. The molecule has 33 heavy (non-hydrogen) atoms. The maximum atomic E-state index is 12.3. The minimum Gasteiger partial charge on any atom is -0.493 e. The van der Waals surface area contributed by atoms with E-state index in [0.717, 1.165) is 22.4 Å². The Morgan fingerprint density at radius 1 is 0.939 bits per heavy atom. The summed E-state index contributed by atoms with van der Waals surface area (Å²) in [6.07, 6.45) is 2.21. The standard InChI is InChI=1S/C25H23N3O5/c1-30-23-10-9-17(15-24(23)31-2)11-12-32-25-8-4-7-20(27-25)19-6-3-5-18(13-19)14-22(29)21-16-26-33-28-21/h3-10,13,15-16H,11-12,14H2,1-2H3. The molecular weight excluding hydrogens is 422 g/mol. The maximum absolute atomic E-state index is 12.3. The second-order valence-electron chi connectivity index (χ2n) is 7.24. The first-order valence-corrected chi connectivity index (χ1v) is 10.4. The number of benzene rings is 2. The van der Waals surface area contributed by atoms with Gasteiger partial charge in [-0.25, -0.2) is 9.61 Å². The number of hydrogen-bond acceptors (Lipinski definition) is 8. The number of methoxy groups -OCH3 is 2. The molecule has 0 saturated heterocycles. The zero-order chi connectivity index (χ0) is 23.0. The molecule has 2 aromatic heterocycles. The normalized spacial score (nSPS) is 10.6. The molecule has 8 heteroatoms. The van der Waals surface area contributed by atoms with Gasteiger partial charge in [-0.3, -0.25) is 4.79 Å². The van der Waals surface area contributed by atoms with Crippen LogP contribution in [-0.2, 0) is 12.8 Å². The number of rotatable bonds is 10. The molecule has 4 rings (SSSR count). The lowest BCUT2D eigenvalue weighted by Crippen LogP contribution is -2.04. The van der Waals surface area contributed by atoms with Crippen LogP contribution in [0.1, 0.15) is 21.6 Å². The highest BCUT2D eigenvalue weighted by Gasteiger charge is 2.12. The average Bonchev–Trinajstić information content (AvgIpc) is 3.40. The fourth-order valence-corrected chi connectivity index (χ4v) is 3.37. The number of ketones is 1. The van der Waals surface area contributed by atoms with Gasteiger partial charge in [-0.15, -0.1) is 0 Å². The first-order valence-electron chi connectivity index (χ1n) is 10.4. The molecule has 0 aliphatic heterocycles. The fourth-order valence-electron chi connectivity index (χ4n) is 3.37. The minimum absolute atomic E-state index is 0.159. The molecule has 8 nitrogen and oxygen atoms in total. The lowest BCUT2D eigenvalue weighted by molar-refractivity contribution is 0.0983. The van der Waals surface area contributed by atoms with Crippen LogP contribution in [0.15, 0.2) is 71.5 Å². The Kier molecular flexibility index (Phi) is 6.94. The van der Waals surface area contributed by atoms with Crippen LogP contribution in [0, 0.1) is 0 Å². The summed E-state index contributed by atoms with van der Waals surface area (Å²) < 4.78 is 21.0. The van der Waals surface area contributed by atoms with Gasteiger partial charge >= 0.3 is 0 Å². The van der Waals surface area contributed by atoms with Crippen molar-refractivity contribution in [2.75, 3.05) is 20.8 Å². The van der Waals surface area contributed by atoms with Crippen molar-refractivity contribution in [2.45, 2.75) is 12.8 Å². The summed E-state index contributed by atoms with van der Waals surface area (Å²) in [6, 6.07) is 19.1. The van der Waals surface area contributed by atoms with Crippen LogP contribution < -0.4 is 14.2 Å². The van der Waals surface area contributed by atoms with Gasteiger partial charge in [0, 0.05) is 24.5 Å². The van der Waals surface area contributed by atoms with Crippen LogP contribution in [0.2, 0.25) is 0 Å². The van der Waals surface area contributed by atoms with Crippen LogP contribution in [0.3, 0.4) is 0 Å². The van der Waals surface area contributed by atoms with E-state index >= 15 is 0 Å². The summed E-state index contributed by atoms with van der Waals surface area (Å²) in [4.78, 5) is 16.9. The Bertz CT molecular complexity index is 1220. The highest BCUT2D eigenvalue weighted by atomic mass is 16.6. The molecule has 0 aliphatic carbocycles. The molecule has 0 amide bonds. The third kappa shape index (κ3) is 5.54. The van der Waals surface area contributed by atoms with Crippen LogP contribution in [-0.4, -0.2) is 41.9 Å². The van der Waals surface area contributed by atoms with Crippen molar-refractivity contribution < 1.29 is 23.6 Å². The molecule has 4 aromatic rings. The molecular formula is C25H23N3O5. The summed E-state index contributed by atoms with van der Waals surface area (Å²) in [7, 11) is 3.23. The monoisotopic (exact) mass is 445 g/mol. The zero-order valence-electron chi connectivity index (χ0n) is 18.4. The van der Waals surface area contributed by atoms with Crippen molar-refractivity contribution in [3.8, 4) is 28.6 Å². The van der Waals surface area contributed by atoms with Crippen molar-refractivity contribution in [3.05, 3.63) is 83.7 Å². The maximum Gasteiger partial charge on any atom is 0.213 e. The number of nitrogens with zero attached hydrogens (tertiary/aromatic N) is 3. The Labute approximate surface area is 191 Å². The van der Waals surface area contributed by atoms with E-state index in [4.69, 9.17) is 14.2 Å². The number of ether oxygens (including phenoxy) is 3. The van der Waals surface area contributed by atoms with Crippen molar-refractivity contribution in [3.63, 3.8) is 0 Å². The minimum atomic E-state index is -0.159. The average molecular weight is 445 g/mol. The van der Waals surface area contributed by atoms with Crippen LogP contribution in [0.25, 0.3) is 11.3 Å². The molecule has 0 aliphatic rings. The van der Waals surface area contributed by atoms with Gasteiger partial charge < -0.3 is 14.2 Å². The molecule has 0 saturated carbocycles. The van der Waals surface area contributed by atoms with E-state index in [1.165, 1.54) is 6.20 Å². The predicted molar refractivity (Wildman–Crippen MR) is 121 cm³/mol. The number of hydrogen-bond donors (Lipinski definition) is 0. The molecule has 0 fully saturated rings. The molecule has 0 N–H and O–H groups in total. The van der Waals surface area contributed by atoms with E-state index in [9.17, 15) is 4.79 Å². The largest absolute Gasteiger partial charge is 0.493 e. The SMILES string of the molecule is COc1ccc(CCOc2cccc(-c3cccc(CC(=O)c4cnon4)c3)n2)cc1OC. The van der Waals surface area contributed by atoms with E-state index in [2.05, 4.69) is 19.9 Å². The van der Waals surface area contributed by atoms with Crippen molar-refractivity contribution in [1.82, 2.24) is 15.3 Å². The van der Waals surface area contributed by atoms with Crippen LogP contribution in [0.5, 0.6) is 17.4 Å². The summed E-state index contributed by atoms with van der Waals surface area (Å²) in [5.41, 5.74) is 3.79. The van der Waals surface area contributed by atoms with E-state index in [0.29, 0.717) is 30.4 Å². The topological polar surface area (TPSA) is 96.6 Å². The molecule has 2 heterocycles. The Morgan fingerprint density at radius 2 is 1.79 bits per heavy atom. The second kappa shape index (κ2) is 10.4. The Hall–Kier alpha value is -4.20. The van der Waals surface area contributed by atoms with Gasteiger partial charge in [0.15, 0.2) is 23.0 Å². The smallest absolute Gasteiger partial charge is 0.213 e. The highest BCUT2D eigenvalue weighted by molar-refractivity contribution is 5.95. The molecule has 0 bridgehead atoms. The summed E-state index contributed by atoms with van der Waals surface area (Å²) >= 11 is 0. The summed E-state index contributed by atoms with van der Waals surface area (Å²) in [5.74, 6) is 1.75. The van der Waals surface area contributed by atoms with Gasteiger partial charge in [-0.1, -0.05) is 35.5 Å². The Morgan fingerprint density at radius 3 is 2.58 bits per heavy atom. The van der Waals surface area contributed by atoms with E-state index in [1.807, 2.05) is 60.7 Å². The summed E-state index contributed by atoms with van der Waals surface area (Å²) in [5, 5.41) is 7.07. The van der Waals surface area contributed by atoms with Crippen molar-refractivity contribution in [1.29, 1.82) is 0 Å². The molecule has 0 unspecified atom stereocenters. The van der Waals surface area contributed by atoms with Gasteiger partial charge in [0.2, 0.25) is 5.88 Å². The van der Waals surface area contributed by atoms with Gasteiger partial charge in [0.25, 0.3) is 0 Å². The lowest BCUT2D eigenvalue weighted by Gasteiger charge is -2.11. The Balaban J connectivity index is 1.40. The third-order valence-corrected chi connectivity index (χ3v) is 5.05. The van der Waals surface area contributed by atoms with E-state index in [1.54, 1.807) is 14.2 Å². The highest BCUT2D eigenvalue weighted by Crippen LogP contribution is 2.28. The number of aromatic nitrogens is 3. The number of Topliss-reactive ketones (excluding diaryl/α,β-unsaturated/α-hetero) is 1. The quantitative estimate of drug-likeness (QED) is 0.335. The van der Waals surface area contributed by atoms with Crippen molar-refractivity contribution >= 4 is 5.78 Å².